The van der Waals surface area contributed by atoms with Crippen LogP contribution < -0.4 is 20.5 Å². The normalized spacial score (nSPS) is 11.2. The van der Waals surface area contributed by atoms with Crippen LogP contribution in [0, 0.1) is 11.6 Å². The van der Waals surface area contributed by atoms with Gasteiger partial charge in [0.15, 0.2) is 11.4 Å². The van der Waals surface area contributed by atoms with E-state index in [1.165, 1.54) is 31.1 Å². The number of hydrogen-bond donors (Lipinski definition) is 3. The van der Waals surface area contributed by atoms with Gasteiger partial charge in [-0.3, -0.25) is 23.6 Å². The molecule has 0 bridgehead atoms. The maximum atomic E-state index is 14.2. The Morgan fingerprint density at radius 2 is 1.77 bits per heavy atom. The number of amides is 2. The second-order valence-electron chi connectivity index (χ2n) is 9.58. The van der Waals surface area contributed by atoms with E-state index in [1.54, 1.807) is 30.3 Å². The van der Waals surface area contributed by atoms with Gasteiger partial charge in [0.25, 0.3) is 11.8 Å². The lowest BCUT2D eigenvalue weighted by atomic mass is 10.1. The van der Waals surface area contributed by atoms with Gasteiger partial charge < -0.3 is 34.5 Å². The third-order valence-corrected chi connectivity index (χ3v) is 7.12. The molecule has 0 saturated carbocycles. The SMILES string of the molecule is COCCN(C)C(=O)c1c(OCc2ccccc2)c(=O)c(C(=O)NCc2ccc(F)cc2F)cn1N(C)CCP(=O)(O)O. The number of rotatable bonds is 14. The molecule has 3 rings (SSSR count). The van der Waals surface area contributed by atoms with E-state index >= 15 is 0 Å². The first-order valence-corrected chi connectivity index (χ1v) is 14.8. The highest BCUT2D eigenvalue weighted by molar-refractivity contribution is 7.51. The van der Waals surface area contributed by atoms with E-state index in [0.29, 0.717) is 11.6 Å². The van der Waals surface area contributed by atoms with Gasteiger partial charge in [0.05, 0.1) is 12.8 Å². The van der Waals surface area contributed by atoms with Crippen molar-refractivity contribution < 1.29 is 42.2 Å². The third kappa shape index (κ3) is 9.19. The minimum Gasteiger partial charge on any atom is -0.482 e. The summed E-state index contributed by atoms with van der Waals surface area (Å²) in [6, 6.07) is 11.5. The second-order valence-corrected chi connectivity index (χ2v) is 11.4. The number of nitrogens with one attached hydrogen (secondary N) is 1. The zero-order chi connectivity index (χ0) is 31.7. The quantitative estimate of drug-likeness (QED) is 0.230. The van der Waals surface area contributed by atoms with Crippen molar-refractivity contribution >= 4 is 19.4 Å². The molecule has 3 aromatic rings. The van der Waals surface area contributed by atoms with Crippen molar-refractivity contribution in [3.8, 4) is 5.75 Å². The van der Waals surface area contributed by atoms with E-state index in [0.717, 1.165) is 23.0 Å². The summed E-state index contributed by atoms with van der Waals surface area (Å²) >= 11 is 0. The predicted molar refractivity (Wildman–Crippen MR) is 154 cm³/mol. The summed E-state index contributed by atoms with van der Waals surface area (Å²) in [5, 5.41) is 3.67. The van der Waals surface area contributed by atoms with E-state index in [2.05, 4.69) is 5.32 Å². The van der Waals surface area contributed by atoms with Gasteiger partial charge in [-0.15, -0.1) is 0 Å². The number of carbonyl (C=O) groups is 2. The number of nitrogens with zero attached hydrogens (tertiary/aromatic N) is 3. The van der Waals surface area contributed by atoms with Gasteiger partial charge >= 0.3 is 7.60 Å². The summed E-state index contributed by atoms with van der Waals surface area (Å²) in [7, 11) is -0.156. The highest BCUT2D eigenvalue weighted by Crippen LogP contribution is 2.33. The van der Waals surface area contributed by atoms with E-state index in [4.69, 9.17) is 9.47 Å². The molecule has 2 amide bonds. The molecular formula is C28H33F2N4O8P. The minimum absolute atomic E-state index is 0.0408. The van der Waals surface area contributed by atoms with Crippen LogP contribution in [0.3, 0.4) is 0 Å². The van der Waals surface area contributed by atoms with E-state index in [-0.39, 0.29) is 44.1 Å². The van der Waals surface area contributed by atoms with Gasteiger partial charge in [-0.25, -0.2) is 8.78 Å². The van der Waals surface area contributed by atoms with Crippen LogP contribution in [0.1, 0.15) is 32.0 Å². The Morgan fingerprint density at radius 1 is 1.07 bits per heavy atom. The fourth-order valence-corrected chi connectivity index (χ4v) is 4.45. The van der Waals surface area contributed by atoms with Crippen LogP contribution in [-0.2, 0) is 22.5 Å². The molecule has 1 aromatic heterocycles. The monoisotopic (exact) mass is 622 g/mol. The zero-order valence-corrected chi connectivity index (χ0v) is 24.7. The van der Waals surface area contributed by atoms with Gasteiger partial charge in [0.1, 0.15) is 23.8 Å². The van der Waals surface area contributed by atoms with Crippen molar-refractivity contribution in [3.63, 3.8) is 0 Å². The van der Waals surface area contributed by atoms with Crippen LogP contribution in [0.5, 0.6) is 5.75 Å². The molecule has 3 N–H and O–H groups in total. The van der Waals surface area contributed by atoms with Gasteiger partial charge in [-0.05, 0) is 11.6 Å². The molecule has 0 atom stereocenters. The lowest BCUT2D eigenvalue weighted by Gasteiger charge is -2.29. The Labute approximate surface area is 246 Å². The first-order valence-electron chi connectivity index (χ1n) is 13.0. The van der Waals surface area contributed by atoms with Crippen LogP contribution in [-0.4, -0.2) is 78.2 Å². The van der Waals surface area contributed by atoms with Crippen molar-refractivity contribution in [2.75, 3.05) is 52.1 Å². The number of likely N-dealkylation sites (N-methyl/N-ethyl adjacent to an activating group) is 1. The predicted octanol–water partition coefficient (Wildman–Crippen LogP) is 2.10. The molecule has 0 aliphatic heterocycles. The zero-order valence-electron chi connectivity index (χ0n) is 23.8. The summed E-state index contributed by atoms with van der Waals surface area (Å²) < 4.78 is 51.1. The number of carbonyl (C=O) groups excluding carboxylic acids is 2. The Bertz CT molecular complexity index is 1550. The number of methoxy groups -OCH3 is 1. The van der Waals surface area contributed by atoms with Crippen molar-refractivity contribution in [1.82, 2.24) is 14.9 Å². The molecule has 15 heteroatoms. The van der Waals surface area contributed by atoms with Gasteiger partial charge in [-0.2, -0.15) is 0 Å². The largest absolute Gasteiger partial charge is 0.482 e. The fourth-order valence-electron chi connectivity index (χ4n) is 3.90. The molecule has 0 spiro atoms. The average molecular weight is 623 g/mol. The van der Waals surface area contributed by atoms with Gasteiger partial charge in [0, 0.05) is 58.7 Å². The van der Waals surface area contributed by atoms with Crippen molar-refractivity contribution in [2.45, 2.75) is 13.2 Å². The molecule has 0 aliphatic rings. The molecule has 0 unspecified atom stereocenters. The molecule has 0 radical (unpaired) electrons. The lowest BCUT2D eigenvalue weighted by molar-refractivity contribution is 0.0725. The minimum atomic E-state index is -4.47. The standard InChI is InChI=1S/C28H33F2N4O8P/c1-32(11-13-41-3)28(37)24-26(42-18-19-7-5-4-6-8-19)25(35)22(17-34(24)33(2)12-14-43(38,39)40)27(36)31-16-20-9-10-21(29)15-23(20)30/h4-10,15,17H,11-14,16,18H2,1-3H3,(H,31,36)(H2,38,39,40). The highest BCUT2D eigenvalue weighted by atomic mass is 31.2. The fraction of sp³-hybridized carbons (Fsp3) is 0.321. The number of halogens is 2. The van der Waals surface area contributed by atoms with Crippen LogP contribution >= 0.6 is 7.60 Å². The maximum absolute atomic E-state index is 14.2. The Morgan fingerprint density at radius 3 is 2.40 bits per heavy atom. The average Bonchev–Trinajstić information content (AvgIpc) is 2.96. The van der Waals surface area contributed by atoms with E-state index in [9.17, 15) is 37.5 Å². The second kappa shape index (κ2) is 14.9. The lowest BCUT2D eigenvalue weighted by Crippen LogP contribution is -2.43. The molecule has 0 saturated heterocycles. The first kappa shape index (κ1) is 33.4. The van der Waals surface area contributed by atoms with Crippen molar-refractivity contribution in [2.24, 2.45) is 0 Å². The molecule has 232 valence electrons. The number of benzene rings is 2. The summed E-state index contributed by atoms with van der Waals surface area (Å²) in [6.45, 7) is -0.537. The molecule has 43 heavy (non-hydrogen) atoms. The van der Waals surface area contributed by atoms with Crippen molar-refractivity contribution in [3.05, 3.63) is 99.0 Å². The van der Waals surface area contributed by atoms with Gasteiger partial charge in [0.2, 0.25) is 5.43 Å². The summed E-state index contributed by atoms with van der Waals surface area (Å²) in [4.78, 5) is 60.8. The topological polar surface area (TPSA) is 151 Å². The number of ether oxygens (including phenoxy) is 2. The summed E-state index contributed by atoms with van der Waals surface area (Å²) in [5.41, 5.74) is -1.13. The molecular weight excluding hydrogens is 589 g/mol. The van der Waals surface area contributed by atoms with E-state index in [1.807, 2.05) is 0 Å². The number of aromatic nitrogens is 1. The Balaban J connectivity index is 2.13. The van der Waals surface area contributed by atoms with Crippen LogP contribution in [0.15, 0.2) is 59.5 Å². The van der Waals surface area contributed by atoms with Gasteiger partial charge in [-0.1, -0.05) is 36.4 Å². The van der Waals surface area contributed by atoms with Crippen LogP contribution in [0.2, 0.25) is 0 Å². The smallest absolute Gasteiger partial charge is 0.327 e. The Kier molecular flexibility index (Phi) is 11.6. The van der Waals surface area contributed by atoms with E-state index < -0.39 is 53.9 Å². The molecule has 0 fully saturated rings. The number of pyridine rings is 1. The highest BCUT2D eigenvalue weighted by Gasteiger charge is 2.30. The van der Waals surface area contributed by atoms with Crippen LogP contribution in [0.4, 0.5) is 8.78 Å². The molecule has 0 aliphatic carbocycles. The molecule has 2 aromatic carbocycles. The Hall–Kier alpha value is -4.10. The molecule has 12 nitrogen and oxygen atoms in total. The summed E-state index contributed by atoms with van der Waals surface area (Å²) in [6.07, 6.45) is 0.444. The maximum Gasteiger partial charge on any atom is 0.327 e. The summed E-state index contributed by atoms with van der Waals surface area (Å²) in [5.74, 6) is -3.84. The van der Waals surface area contributed by atoms with Crippen LogP contribution in [0.25, 0.3) is 0 Å². The van der Waals surface area contributed by atoms with Crippen molar-refractivity contribution in [1.29, 1.82) is 0 Å². The molecule has 1 heterocycles. The third-order valence-electron chi connectivity index (χ3n) is 6.33. The number of hydrogen-bond acceptors (Lipinski definition) is 7. The first-order chi connectivity index (χ1) is 20.3.